The van der Waals surface area contributed by atoms with Gasteiger partial charge in [-0.1, -0.05) is 81.5 Å². The number of hydrogen-bond donors (Lipinski definition) is 0. The maximum absolute atomic E-state index is 12.8. The van der Waals surface area contributed by atoms with Crippen molar-refractivity contribution >= 4 is 11.6 Å². The van der Waals surface area contributed by atoms with Gasteiger partial charge in [-0.05, 0) is 146 Å². The molecule has 266 valence electrons. The fraction of sp³-hybridized carbons (Fsp3) is 0.545. The Bertz CT molecular complexity index is 1360. The van der Waals surface area contributed by atoms with Gasteiger partial charge < -0.3 is 9.47 Å². The largest absolute Gasteiger partial charge is 0.489 e. The minimum atomic E-state index is -0.283. The lowest BCUT2D eigenvalue weighted by molar-refractivity contribution is -0.121. The highest BCUT2D eigenvalue weighted by Gasteiger charge is 2.34. The smallest absolute Gasteiger partial charge is 0.228 e. The quantitative estimate of drug-likeness (QED) is 0.0858. The number of allylic oxidation sites excluding steroid dienone is 16. The summed E-state index contributed by atoms with van der Waals surface area (Å²) < 4.78 is 10.3. The maximum Gasteiger partial charge on any atom is 0.228 e. The van der Waals surface area contributed by atoms with Crippen LogP contribution in [0.4, 0.5) is 0 Å². The molecule has 0 aromatic heterocycles. The predicted molar refractivity (Wildman–Crippen MR) is 206 cm³/mol. The molecule has 0 bridgehead atoms. The zero-order valence-corrected chi connectivity index (χ0v) is 32.4. The third kappa shape index (κ3) is 17.1. The Kier molecular flexibility index (Phi) is 21.2. The number of hydrogen-bond acceptors (Lipinski definition) is 4. The van der Waals surface area contributed by atoms with E-state index < -0.39 is 0 Å². The lowest BCUT2D eigenvalue weighted by Gasteiger charge is -2.19. The van der Waals surface area contributed by atoms with E-state index in [2.05, 4.69) is 97.9 Å². The summed E-state index contributed by atoms with van der Waals surface area (Å²) in [6, 6.07) is 0. The molecule has 0 spiro atoms. The van der Waals surface area contributed by atoms with Gasteiger partial charge in [0.05, 0.1) is 14.2 Å². The Hall–Kier alpha value is -3.40. The molecular weight excluding hydrogens is 592 g/mol. The standard InChI is InChI=1S/C44H66O4/c1-32(2)18-12-19-33(3)20-13-21-34(4)22-14-23-35(5)24-15-25-36(6)26-16-27-37(7)28-17-29-38(8)30-31-40-39(9)41(45)43(47-10)44(48-11)42(40)46/h18,20,22-23,26,28,30H,12-17,19,21,24-25,27,29,31H2,1-11H3/b33-20+,34-22+,35-23?,36-26+,37-28+,38-30?. The van der Waals surface area contributed by atoms with Gasteiger partial charge in [0.25, 0.3) is 0 Å². The van der Waals surface area contributed by atoms with Crippen molar-refractivity contribution < 1.29 is 19.1 Å². The van der Waals surface area contributed by atoms with Gasteiger partial charge in [-0.2, -0.15) is 0 Å². The van der Waals surface area contributed by atoms with E-state index in [0.29, 0.717) is 17.6 Å². The van der Waals surface area contributed by atoms with E-state index in [1.54, 1.807) is 6.92 Å². The second-order valence-corrected chi connectivity index (χ2v) is 13.9. The fourth-order valence-corrected chi connectivity index (χ4v) is 5.66. The minimum Gasteiger partial charge on any atom is -0.489 e. The molecule has 0 N–H and O–H groups in total. The van der Waals surface area contributed by atoms with E-state index >= 15 is 0 Å². The Morgan fingerprint density at radius 1 is 0.500 bits per heavy atom. The van der Waals surface area contributed by atoms with Crippen molar-refractivity contribution in [3.63, 3.8) is 0 Å². The number of Topliss-reactive ketones (excluding diaryl/α,β-unsaturated/α-hetero) is 2. The third-order valence-corrected chi connectivity index (χ3v) is 9.01. The number of ketones is 2. The van der Waals surface area contributed by atoms with Gasteiger partial charge in [0, 0.05) is 11.1 Å². The number of carbonyl (C=O) groups excluding carboxylic acids is 2. The predicted octanol–water partition coefficient (Wildman–Crippen LogP) is 12.7. The third-order valence-electron chi connectivity index (χ3n) is 9.01. The summed E-state index contributed by atoms with van der Waals surface area (Å²) in [5, 5.41) is 0. The van der Waals surface area contributed by atoms with Crippen molar-refractivity contribution in [2.75, 3.05) is 14.2 Å². The van der Waals surface area contributed by atoms with Gasteiger partial charge in [0.15, 0.2) is 0 Å². The van der Waals surface area contributed by atoms with Crippen LogP contribution in [0.25, 0.3) is 0 Å². The van der Waals surface area contributed by atoms with Gasteiger partial charge >= 0.3 is 0 Å². The van der Waals surface area contributed by atoms with Crippen LogP contribution in [0.15, 0.2) is 104 Å². The number of rotatable bonds is 22. The normalized spacial score (nSPS) is 15.9. The van der Waals surface area contributed by atoms with E-state index in [4.69, 9.17) is 9.47 Å². The van der Waals surface area contributed by atoms with Gasteiger partial charge in [0.1, 0.15) is 0 Å². The molecule has 0 heterocycles. The van der Waals surface area contributed by atoms with Crippen LogP contribution in [-0.4, -0.2) is 25.8 Å². The average molecular weight is 659 g/mol. The van der Waals surface area contributed by atoms with Crippen LogP contribution in [-0.2, 0) is 19.1 Å². The van der Waals surface area contributed by atoms with Crippen LogP contribution in [0, 0.1) is 0 Å². The molecule has 1 aliphatic carbocycles. The minimum absolute atomic E-state index is 0.00589. The SMILES string of the molecule is COC1=C(OC)C(=O)C(CC=C(C)CC/C=C(\C)CC/C=C(\C)CCCC(C)=CC/C=C(\C)CC/C=C(\C)CCC=C(C)C)=C(C)C1=O. The molecule has 0 aromatic carbocycles. The van der Waals surface area contributed by atoms with E-state index in [-0.39, 0.29) is 23.1 Å². The van der Waals surface area contributed by atoms with Crippen LogP contribution in [0.1, 0.15) is 146 Å². The second-order valence-electron chi connectivity index (χ2n) is 13.9. The molecule has 0 saturated carbocycles. The summed E-state index contributed by atoms with van der Waals surface area (Å²) >= 11 is 0. The Labute approximate surface area is 294 Å². The highest BCUT2D eigenvalue weighted by molar-refractivity contribution is 6.23. The average Bonchev–Trinajstić information content (AvgIpc) is 3.02. The molecule has 1 rings (SSSR count). The van der Waals surface area contributed by atoms with Crippen LogP contribution in [0.2, 0.25) is 0 Å². The van der Waals surface area contributed by atoms with Crippen LogP contribution in [0.3, 0.4) is 0 Å². The van der Waals surface area contributed by atoms with E-state index in [9.17, 15) is 9.59 Å². The maximum atomic E-state index is 12.8. The number of ether oxygens (including phenoxy) is 2. The van der Waals surface area contributed by atoms with Gasteiger partial charge in [-0.25, -0.2) is 0 Å². The molecule has 1 aliphatic rings. The highest BCUT2D eigenvalue weighted by atomic mass is 16.5. The molecule has 0 unspecified atom stereocenters. The van der Waals surface area contributed by atoms with Gasteiger partial charge in [-0.15, -0.1) is 0 Å². The van der Waals surface area contributed by atoms with Crippen LogP contribution < -0.4 is 0 Å². The molecule has 0 fully saturated rings. The summed E-state index contributed by atoms with van der Waals surface area (Å²) in [5.41, 5.74) is 10.9. The van der Waals surface area contributed by atoms with Crippen molar-refractivity contribution in [1.82, 2.24) is 0 Å². The van der Waals surface area contributed by atoms with Crippen molar-refractivity contribution in [1.29, 1.82) is 0 Å². The van der Waals surface area contributed by atoms with Crippen molar-refractivity contribution in [3.05, 3.63) is 104 Å². The summed E-state index contributed by atoms with van der Waals surface area (Å²) in [6.45, 7) is 19.4. The van der Waals surface area contributed by atoms with E-state index in [0.717, 1.165) is 64.2 Å². The molecule has 0 aliphatic heterocycles. The molecule has 0 radical (unpaired) electrons. The Morgan fingerprint density at radius 3 is 1.33 bits per heavy atom. The molecule has 0 aromatic rings. The van der Waals surface area contributed by atoms with Crippen LogP contribution >= 0.6 is 0 Å². The molecule has 4 heteroatoms. The number of carbonyl (C=O) groups is 2. The van der Waals surface area contributed by atoms with Crippen molar-refractivity contribution in [2.24, 2.45) is 0 Å². The Morgan fingerprint density at radius 2 is 0.875 bits per heavy atom. The molecular formula is C44H66O4. The first-order chi connectivity index (χ1) is 22.8. The molecule has 0 amide bonds. The first-order valence-corrected chi connectivity index (χ1v) is 18.0. The monoisotopic (exact) mass is 658 g/mol. The highest BCUT2D eigenvalue weighted by Crippen LogP contribution is 2.28. The van der Waals surface area contributed by atoms with Crippen molar-refractivity contribution in [2.45, 2.75) is 146 Å². The Balaban J connectivity index is 2.37. The van der Waals surface area contributed by atoms with E-state index in [1.807, 2.05) is 0 Å². The zero-order chi connectivity index (χ0) is 36.1. The summed E-state index contributed by atoms with van der Waals surface area (Å²) in [5.74, 6) is -0.569. The first-order valence-electron chi connectivity index (χ1n) is 18.0. The summed E-state index contributed by atoms with van der Waals surface area (Å²) in [6.07, 6.45) is 30.0. The molecule has 48 heavy (non-hydrogen) atoms. The summed E-state index contributed by atoms with van der Waals surface area (Å²) in [4.78, 5) is 25.4. The molecule has 0 atom stereocenters. The second kappa shape index (κ2) is 23.8. The first kappa shape index (κ1) is 42.6. The van der Waals surface area contributed by atoms with E-state index in [1.165, 1.54) is 66.1 Å². The van der Waals surface area contributed by atoms with Gasteiger partial charge in [-0.3, -0.25) is 9.59 Å². The topological polar surface area (TPSA) is 52.6 Å². The molecule has 4 nitrogen and oxygen atoms in total. The summed E-state index contributed by atoms with van der Waals surface area (Å²) in [7, 11) is 2.77. The van der Waals surface area contributed by atoms with Crippen LogP contribution in [0.5, 0.6) is 0 Å². The lowest BCUT2D eigenvalue weighted by Crippen LogP contribution is -2.24. The molecule has 0 saturated heterocycles. The van der Waals surface area contributed by atoms with Gasteiger partial charge in [0.2, 0.25) is 23.1 Å². The zero-order valence-electron chi connectivity index (χ0n) is 32.4. The fourth-order valence-electron chi connectivity index (χ4n) is 5.66. The lowest BCUT2D eigenvalue weighted by atomic mass is 9.90. The van der Waals surface area contributed by atoms with Crippen molar-refractivity contribution in [3.8, 4) is 0 Å². The number of methoxy groups -OCH3 is 2.